The number of ether oxygens (including phenoxy) is 1. The van der Waals surface area contributed by atoms with Gasteiger partial charge in [0.05, 0.1) is 12.7 Å². The van der Waals surface area contributed by atoms with Crippen LogP contribution < -0.4 is 10.1 Å². The maximum atomic E-state index is 5.97. The minimum Gasteiger partial charge on any atom is -0.489 e. The Morgan fingerprint density at radius 3 is 2.92 bits per heavy atom. The maximum absolute atomic E-state index is 5.97. The number of aryl methyl sites for hydroxylation is 1. The molecule has 1 atom stereocenters. The average Bonchev–Trinajstić information content (AvgIpc) is 2.93. The molecule has 1 heterocycles. The van der Waals surface area contributed by atoms with Gasteiger partial charge in [0.25, 0.3) is 0 Å². The molecular weight excluding hydrogens is 326 g/mol. The van der Waals surface area contributed by atoms with E-state index in [0.717, 1.165) is 23.8 Å². The lowest BCUT2D eigenvalue weighted by Gasteiger charge is -2.23. The molecule has 130 valence electrons. The van der Waals surface area contributed by atoms with Crippen molar-refractivity contribution in [3.05, 3.63) is 47.2 Å². The van der Waals surface area contributed by atoms with E-state index < -0.39 is 0 Å². The van der Waals surface area contributed by atoms with Crippen LogP contribution in [0.4, 0.5) is 0 Å². The predicted octanol–water partition coefficient (Wildman–Crippen LogP) is 2.55. The molecule has 2 rings (SSSR count). The molecule has 6 nitrogen and oxygen atoms in total. The van der Waals surface area contributed by atoms with E-state index in [-0.39, 0.29) is 6.10 Å². The van der Waals surface area contributed by atoms with E-state index in [1.165, 1.54) is 0 Å². The van der Waals surface area contributed by atoms with Crippen LogP contribution in [0.1, 0.15) is 12.5 Å². The Balaban J connectivity index is 1.84. The van der Waals surface area contributed by atoms with Crippen molar-refractivity contribution in [3.8, 4) is 5.75 Å². The standard InChI is InChI=1S/C17H24ClN5O/c1-13(24-16-7-5-6-15(18)8-16)9-20-17(19-2)22(3)11-14-10-21-23(4)12-14/h5-8,10,12-13H,9,11H2,1-4H3,(H,19,20). The zero-order valence-electron chi connectivity index (χ0n) is 14.5. The van der Waals surface area contributed by atoms with Crippen LogP contribution in [-0.2, 0) is 13.6 Å². The first-order valence-electron chi connectivity index (χ1n) is 7.79. The molecule has 0 aliphatic carbocycles. The normalized spacial score (nSPS) is 12.8. The van der Waals surface area contributed by atoms with Gasteiger partial charge in [0.15, 0.2) is 5.96 Å². The van der Waals surface area contributed by atoms with Crippen molar-refractivity contribution in [3.63, 3.8) is 0 Å². The molecule has 0 aliphatic heterocycles. The molecule has 0 saturated heterocycles. The fourth-order valence-corrected chi connectivity index (χ4v) is 2.52. The quantitative estimate of drug-likeness (QED) is 0.643. The molecule has 0 spiro atoms. The summed E-state index contributed by atoms with van der Waals surface area (Å²) in [4.78, 5) is 6.36. The minimum atomic E-state index is -0.0213. The molecule has 0 aliphatic rings. The van der Waals surface area contributed by atoms with Crippen LogP contribution in [0.2, 0.25) is 5.02 Å². The summed E-state index contributed by atoms with van der Waals surface area (Å²) in [5, 5.41) is 8.17. The van der Waals surface area contributed by atoms with Crippen molar-refractivity contribution in [1.29, 1.82) is 0 Å². The summed E-state index contributed by atoms with van der Waals surface area (Å²) in [5.74, 6) is 1.57. The molecule has 24 heavy (non-hydrogen) atoms. The highest BCUT2D eigenvalue weighted by atomic mass is 35.5. The Labute approximate surface area is 148 Å². The molecule has 2 aromatic rings. The van der Waals surface area contributed by atoms with Gasteiger partial charge in [0, 0.05) is 44.5 Å². The summed E-state index contributed by atoms with van der Waals surface area (Å²) in [6.07, 6.45) is 3.83. The van der Waals surface area contributed by atoms with E-state index in [1.54, 1.807) is 17.8 Å². The zero-order chi connectivity index (χ0) is 17.5. The third-order valence-electron chi connectivity index (χ3n) is 3.43. The SMILES string of the molecule is CN=C(NCC(C)Oc1cccc(Cl)c1)N(C)Cc1cnn(C)c1. The summed E-state index contributed by atoms with van der Waals surface area (Å²) in [7, 11) is 5.67. The van der Waals surface area contributed by atoms with Gasteiger partial charge in [-0.3, -0.25) is 9.67 Å². The molecule has 1 aromatic heterocycles. The Bertz CT molecular complexity index is 685. The highest BCUT2D eigenvalue weighted by molar-refractivity contribution is 6.30. The lowest BCUT2D eigenvalue weighted by Crippen LogP contribution is -2.42. The zero-order valence-corrected chi connectivity index (χ0v) is 15.3. The van der Waals surface area contributed by atoms with Crippen LogP contribution in [0.25, 0.3) is 0 Å². The fourth-order valence-electron chi connectivity index (χ4n) is 2.34. The predicted molar refractivity (Wildman–Crippen MR) is 97.6 cm³/mol. The molecule has 0 radical (unpaired) electrons. The summed E-state index contributed by atoms with van der Waals surface area (Å²) in [6, 6.07) is 7.40. The first kappa shape index (κ1) is 18.1. The summed E-state index contributed by atoms with van der Waals surface area (Å²) in [5.41, 5.74) is 1.13. The number of halogens is 1. The van der Waals surface area contributed by atoms with Gasteiger partial charge in [-0.05, 0) is 25.1 Å². The molecule has 1 unspecified atom stereocenters. The second-order valence-electron chi connectivity index (χ2n) is 5.69. The van der Waals surface area contributed by atoms with Gasteiger partial charge in [0.2, 0.25) is 0 Å². The Morgan fingerprint density at radius 2 is 2.29 bits per heavy atom. The van der Waals surface area contributed by atoms with Crippen LogP contribution >= 0.6 is 11.6 Å². The lowest BCUT2D eigenvalue weighted by atomic mass is 10.3. The first-order chi connectivity index (χ1) is 11.5. The minimum absolute atomic E-state index is 0.0213. The Kier molecular flexibility index (Phi) is 6.49. The molecule has 0 saturated carbocycles. The number of aliphatic imine (C=N–C) groups is 1. The number of rotatable bonds is 6. The van der Waals surface area contributed by atoms with Gasteiger partial charge < -0.3 is 15.0 Å². The lowest BCUT2D eigenvalue weighted by molar-refractivity contribution is 0.222. The van der Waals surface area contributed by atoms with E-state index in [9.17, 15) is 0 Å². The van der Waals surface area contributed by atoms with Crippen molar-refractivity contribution in [2.24, 2.45) is 12.0 Å². The number of aromatic nitrogens is 2. The molecule has 1 aromatic carbocycles. The number of nitrogens with one attached hydrogen (secondary N) is 1. The van der Waals surface area contributed by atoms with Crippen LogP contribution in [0, 0.1) is 0 Å². The van der Waals surface area contributed by atoms with Crippen LogP contribution in [-0.4, -0.2) is 47.4 Å². The van der Waals surface area contributed by atoms with Crippen LogP contribution in [0.15, 0.2) is 41.7 Å². The van der Waals surface area contributed by atoms with Gasteiger partial charge in [-0.2, -0.15) is 5.10 Å². The van der Waals surface area contributed by atoms with Gasteiger partial charge in [0.1, 0.15) is 11.9 Å². The molecule has 7 heteroatoms. The Hall–Kier alpha value is -2.21. The van der Waals surface area contributed by atoms with E-state index in [2.05, 4.69) is 15.4 Å². The van der Waals surface area contributed by atoms with Crippen molar-refractivity contribution < 1.29 is 4.74 Å². The number of guanidine groups is 1. The van der Waals surface area contributed by atoms with Crippen molar-refractivity contribution >= 4 is 17.6 Å². The fraction of sp³-hybridized carbons (Fsp3) is 0.412. The molecule has 0 bridgehead atoms. The molecule has 0 amide bonds. The summed E-state index contributed by atoms with van der Waals surface area (Å²) in [6.45, 7) is 3.37. The van der Waals surface area contributed by atoms with Gasteiger partial charge in [-0.1, -0.05) is 17.7 Å². The summed E-state index contributed by atoms with van der Waals surface area (Å²) < 4.78 is 7.65. The number of hydrogen-bond acceptors (Lipinski definition) is 3. The monoisotopic (exact) mass is 349 g/mol. The number of nitrogens with zero attached hydrogens (tertiary/aromatic N) is 4. The van der Waals surface area contributed by atoms with E-state index >= 15 is 0 Å². The molecular formula is C17H24ClN5O. The average molecular weight is 350 g/mol. The van der Waals surface area contributed by atoms with Crippen LogP contribution in [0.5, 0.6) is 5.75 Å². The topological polar surface area (TPSA) is 54.7 Å². The number of hydrogen-bond donors (Lipinski definition) is 1. The highest BCUT2D eigenvalue weighted by Crippen LogP contribution is 2.18. The molecule has 0 fully saturated rings. The first-order valence-corrected chi connectivity index (χ1v) is 8.17. The third-order valence-corrected chi connectivity index (χ3v) is 3.67. The largest absolute Gasteiger partial charge is 0.489 e. The van der Waals surface area contributed by atoms with Crippen molar-refractivity contribution in [2.45, 2.75) is 19.6 Å². The van der Waals surface area contributed by atoms with E-state index in [1.807, 2.05) is 56.5 Å². The smallest absolute Gasteiger partial charge is 0.193 e. The Morgan fingerprint density at radius 1 is 1.50 bits per heavy atom. The van der Waals surface area contributed by atoms with Gasteiger partial charge >= 0.3 is 0 Å². The van der Waals surface area contributed by atoms with Gasteiger partial charge in [-0.25, -0.2) is 0 Å². The maximum Gasteiger partial charge on any atom is 0.193 e. The highest BCUT2D eigenvalue weighted by Gasteiger charge is 2.10. The third kappa shape index (κ3) is 5.45. The second-order valence-corrected chi connectivity index (χ2v) is 6.13. The summed E-state index contributed by atoms with van der Waals surface area (Å²) >= 11 is 5.97. The molecule has 1 N–H and O–H groups in total. The van der Waals surface area contributed by atoms with Crippen molar-refractivity contribution in [1.82, 2.24) is 20.0 Å². The van der Waals surface area contributed by atoms with Crippen molar-refractivity contribution in [2.75, 3.05) is 20.6 Å². The number of benzene rings is 1. The van der Waals surface area contributed by atoms with E-state index in [4.69, 9.17) is 16.3 Å². The van der Waals surface area contributed by atoms with Crippen LogP contribution in [0.3, 0.4) is 0 Å². The second kappa shape index (κ2) is 8.59. The van der Waals surface area contributed by atoms with Gasteiger partial charge in [-0.15, -0.1) is 0 Å². The van der Waals surface area contributed by atoms with E-state index in [0.29, 0.717) is 11.6 Å².